The molecule has 3 rings (SSSR count). The van der Waals surface area contributed by atoms with Crippen LogP contribution in [0.15, 0.2) is 23.8 Å². The van der Waals surface area contributed by atoms with Crippen molar-refractivity contribution in [2.75, 3.05) is 0 Å². The summed E-state index contributed by atoms with van der Waals surface area (Å²) in [5, 5.41) is 10.3. The minimum atomic E-state index is -0.0611. The Morgan fingerprint density at radius 2 is 1.87 bits per heavy atom. The number of fused-ring (bicyclic) bond motifs is 3. The van der Waals surface area contributed by atoms with E-state index in [-0.39, 0.29) is 6.10 Å². The molecule has 1 N–H and O–H groups in total. The Balaban J connectivity index is 1.72. The largest absolute Gasteiger partial charge is 0.393 e. The molecule has 8 atom stereocenters. The van der Waals surface area contributed by atoms with Gasteiger partial charge < -0.3 is 5.11 Å². The van der Waals surface area contributed by atoms with Crippen LogP contribution in [0.25, 0.3) is 0 Å². The number of hydrogen-bond donors (Lipinski definition) is 1. The number of allylic oxidation sites excluding steroid dienone is 4. The summed E-state index contributed by atoms with van der Waals surface area (Å²) in [6, 6.07) is 0. The molecule has 0 aliphatic heterocycles. The quantitative estimate of drug-likeness (QED) is 0.434. The molecular weight excluding hydrogens is 364 g/mol. The molecule has 0 saturated heterocycles. The van der Waals surface area contributed by atoms with Crippen molar-refractivity contribution in [2.45, 2.75) is 112 Å². The molecule has 30 heavy (non-hydrogen) atoms. The van der Waals surface area contributed by atoms with E-state index in [9.17, 15) is 5.11 Å². The number of rotatable bonds is 6. The maximum Gasteiger partial charge on any atom is 0.0543 e. The highest BCUT2D eigenvalue weighted by molar-refractivity contribution is 5.27. The van der Waals surface area contributed by atoms with Crippen LogP contribution in [0.3, 0.4) is 0 Å². The van der Waals surface area contributed by atoms with Gasteiger partial charge in [-0.3, -0.25) is 0 Å². The van der Waals surface area contributed by atoms with Crippen molar-refractivity contribution in [2.24, 2.45) is 46.8 Å². The second-order valence-electron chi connectivity index (χ2n) is 11.9. The zero-order valence-electron chi connectivity index (χ0n) is 20.9. The Morgan fingerprint density at radius 1 is 1.10 bits per heavy atom. The average Bonchev–Trinajstić information content (AvgIpc) is 2.78. The predicted octanol–water partition coefficient (Wildman–Crippen LogP) is 8.19. The standard InChI is InChI=1S/C29H50O/c1-7-23(20(2)3)13-11-21(4)27-10-8-9-24-14-15-25-19-26(30)17-18-29(25,6)28(24)16-12-22(27)5/h8-9,16,20-27,30H,7,10-15,17-19H2,1-6H3/b9-8+,28-16+/t21-,22+,23-,24-,25+,26-,27-,29+/m1/s1. The fourth-order valence-corrected chi connectivity index (χ4v) is 7.35. The lowest BCUT2D eigenvalue weighted by Crippen LogP contribution is -2.42. The van der Waals surface area contributed by atoms with Crippen LogP contribution in [-0.2, 0) is 0 Å². The van der Waals surface area contributed by atoms with Crippen molar-refractivity contribution < 1.29 is 5.11 Å². The van der Waals surface area contributed by atoms with E-state index in [1.807, 2.05) is 0 Å². The first-order valence-electron chi connectivity index (χ1n) is 13.3. The maximum absolute atomic E-state index is 10.3. The molecule has 3 aliphatic carbocycles. The first-order chi connectivity index (χ1) is 14.3. The van der Waals surface area contributed by atoms with E-state index in [2.05, 4.69) is 59.8 Å². The molecule has 0 bridgehead atoms. The molecule has 0 spiro atoms. The molecule has 1 nitrogen and oxygen atoms in total. The van der Waals surface area contributed by atoms with Gasteiger partial charge in [0.1, 0.15) is 0 Å². The summed E-state index contributed by atoms with van der Waals surface area (Å²) in [4.78, 5) is 0. The van der Waals surface area contributed by atoms with Gasteiger partial charge in [0.2, 0.25) is 0 Å². The predicted molar refractivity (Wildman–Crippen MR) is 130 cm³/mol. The van der Waals surface area contributed by atoms with E-state index in [0.717, 1.165) is 42.4 Å². The summed E-state index contributed by atoms with van der Waals surface area (Å²) in [7, 11) is 0. The van der Waals surface area contributed by atoms with E-state index < -0.39 is 0 Å². The van der Waals surface area contributed by atoms with Crippen molar-refractivity contribution in [1.29, 1.82) is 0 Å². The maximum atomic E-state index is 10.3. The molecule has 0 unspecified atom stereocenters. The fourth-order valence-electron chi connectivity index (χ4n) is 7.35. The molecule has 1 heteroatoms. The number of hydrogen-bond acceptors (Lipinski definition) is 1. The van der Waals surface area contributed by atoms with Gasteiger partial charge in [-0.15, -0.1) is 0 Å². The summed E-state index contributed by atoms with van der Waals surface area (Å²) in [5.74, 6) is 5.41. The summed E-state index contributed by atoms with van der Waals surface area (Å²) in [6.07, 6.45) is 20.1. The monoisotopic (exact) mass is 414 g/mol. The van der Waals surface area contributed by atoms with E-state index in [0.29, 0.717) is 17.3 Å². The van der Waals surface area contributed by atoms with Crippen molar-refractivity contribution >= 4 is 0 Å². The summed E-state index contributed by atoms with van der Waals surface area (Å²) in [5.41, 5.74) is 2.05. The van der Waals surface area contributed by atoms with Crippen molar-refractivity contribution in [3.05, 3.63) is 23.8 Å². The van der Waals surface area contributed by atoms with Crippen molar-refractivity contribution in [1.82, 2.24) is 0 Å². The zero-order valence-corrected chi connectivity index (χ0v) is 20.9. The fraction of sp³-hybridized carbons (Fsp3) is 0.862. The second-order valence-corrected chi connectivity index (χ2v) is 11.9. The minimum Gasteiger partial charge on any atom is -0.393 e. The van der Waals surface area contributed by atoms with Gasteiger partial charge in [0.05, 0.1) is 6.10 Å². The molecule has 172 valence electrons. The minimum absolute atomic E-state index is 0.0611. The lowest BCUT2D eigenvalue weighted by atomic mass is 9.55. The third-order valence-electron chi connectivity index (χ3n) is 9.75. The Kier molecular flexibility index (Phi) is 8.33. The molecule has 0 heterocycles. The second kappa shape index (κ2) is 10.4. The van der Waals surface area contributed by atoms with Crippen LogP contribution >= 0.6 is 0 Å². The number of aliphatic hydroxyl groups excluding tert-OH is 1. The SMILES string of the molecule is CC[C@H](CC[C@@H](C)[C@H]1C/C=C/[C@@H]2CC[C@H]3C[C@H](O)CC[C@]3(C)/C2=C/C[C@@H]1C)C(C)C. The molecule has 0 aromatic heterocycles. The highest BCUT2D eigenvalue weighted by Gasteiger charge is 2.46. The van der Waals surface area contributed by atoms with Crippen LogP contribution in [-0.4, -0.2) is 11.2 Å². The first kappa shape index (κ1) is 24.1. The van der Waals surface area contributed by atoms with Crippen molar-refractivity contribution in [3.63, 3.8) is 0 Å². The Bertz CT molecular complexity index is 601. The lowest BCUT2D eigenvalue weighted by Gasteiger charge is -2.51. The van der Waals surface area contributed by atoms with Crippen LogP contribution in [0.4, 0.5) is 0 Å². The molecule has 0 radical (unpaired) electrons. The van der Waals surface area contributed by atoms with Gasteiger partial charge in [-0.2, -0.15) is 0 Å². The van der Waals surface area contributed by atoms with Gasteiger partial charge in [-0.05, 0) is 98.2 Å². The molecule has 2 saturated carbocycles. The van der Waals surface area contributed by atoms with E-state index in [1.54, 1.807) is 5.57 Å². The molecule has 2 fully saturated rings. The molecule has 0 aromatic rings. The van der Waals surface area contributed by atoms with Crippen LogP contribution in [0.1, 0.15) is 106 Å². The van der Waals surface area contributed by atoms with Crippen LogP contribution in [0, 0.1) is 46.8 Å². The zero-order chi connectivity index (χ0) is 21.9. The Labute approximate surface area is 187 Å². The van der Waals surface area contributed by atoms with E-state index >= 15 is 0 Å². The van der Waals surface area contributed by atoms with Crippen LogP contribution < -0.4 is 0 Å². The average molecular weight is 415 g/mol. The van der Waals surface area contributed by atoms with Gasteiger partial charge in [0, 0.05) is 0 Å². The molecule has 3 aliphatic rings. The van der Waals surface area contributed by atoms with Gasteiger partial charge in [-0.1, -0.05) is 78.2 Å². The highest BCUT2D eigenvalue weighted by atomic mass is 16.3. The Morgan fingerprint density at radius 3 is 2.57 bits per heavy atom. The third kappa shape index (κ3) is 5.25. The van der Waals surface area contributed by atoms with E-state index in [4.69, 9.17) is 0 Å². The lowest BCUT2D eigenvalue weighted by molar-refractivity contribution is 0.0158. The normalized spacial score (nSPS) is 42.0. The summed E-state index contributed by atoms with van der Waals surface area (Å²) >= 11 is 0. The van der Waals surface area contributed by atoms with Crippen LogP contribution in [0.5, 0.6) is 0 Å². The first-order valence-corrected chi connectivity index (χ1v) is 13.3. The smallest absolute Gasteiger partial charge is 0.0543 e. The van der Waals surface area contributed by atoms with Crippen LogP contribution in [0.2, 0.25) is 0 Å². The topological polar surface area (TPSA) is 20.2 Å². The Hall–Kier alpha value is -0.560. The number of aliphatic hydroxyl groups is 1. The van der Waals surface area contributed by atoms with Gasteiger partial charge in [0.25, 0.3) is 0 Å². The van der Waals surface area contributed by atoms with E-state index in [1.165, 1.54) is 51.4 Å². The molecular formula is C29H50O. The third-order valence-corrected chi connectivity index (χ3v) is 9.75. The molecule has 0 amide bonds. The summed E-state index contributed by atoms with van der Waals surface area (Å²) in [6.45, 7) is 14.7. The van der Waals surface area contributed by atoms with Crippen molar-refractivity contribution in [3.8, 4) is 0 Å². The highest BCUT2D eigenvalue weighted by Crippen LogP contribution is 2.56. The molecule has 0 aromatic carbocycles. The van der Waals surface area contributed by atoms with Gasteiger partial charge in [-0.25, -0.2) is 0 Å². The van der Waals surface area contributed by atoms with Gasteiger partial charge >= 0.3 is 0 Å². The van der Waals surface area contributed by atoms with Gasteiger partial charge in [0.15, 0.2) is 0 Å². The summed E-state index contributed by atoms with van der Waals surface area (Å²) < 4.78 is 0.